The molecule has 0 saturated heterocycles. The van der Waals surface area contributed by atoms with Crippen molar-refractivity contribution in [1.82, 2.24) is 0 Å². The van der Waals surface area contributed by atoms with Gasteiger partial charge in [0.2, 0.25) is 13.1 Å². The fourth-order valence-electron chi connectivity index (χ4n) is 3.17. The summed E-state index contributed by atoms with van der Waals surface area (Å²) >= 11 is 24.4. The van der Waals surface area contributed by atoms with Gasteiger partial charge in [-0.25, -0.2) is 0 Å². The van der Waals surface area contributed by atoms with Crippen molar-refractivity contribution in [3.63, 3.8) is 0 Å². The molecule has 0 heterocycles. The monoisotopic (exact) mass is 480 g/mol. The van der Waals surface area contributed by atoms with Crippen molar-refractivity contribution >= 4 is 46.4 Å². The van der Waals surface area contributed by atoms with Crippen LogP contribution in [0.25, 0.3) is 0 Å². The van der Waals surface area contributed by atoms with E-state index < -0.39 is 34.1 Å². The van der Waals surface area contributed by atoms with Crippen LogP contribution in [0.1, 0.15) is 25.0 Å². The molecule has 2 aromatic rings. The highest BCUT2D eigenvalue weighted by Crippen LogP contribution is 2.42. The summed E-state index contributed by atoms with van der Waals surface area (Å²) in [4.78, 5) is 21.6. The molecule has 11 heteroatoms. The zero-order valence-corrected chi connectivity index (χ0v) is 18.3. The Morgan fingerprint density at radius 3 is 1.41 bits per heavy atom. The van der Waals surface area contributed by atoms with Gasteiger partial charge in [0.25, 0.3) is 0 Å². The number of nitrogens with zero attached hydrogens (tertiary/aromatic N) is 2. The van der Waals surface area contributed by atoms with E-state index in [1.54, 1.807) is 0 Å². The summed E-state index contributed by atoms with van der Waals surface area (Å²) in [7, 11) is 0. The molecule has 7 nitrogen and oxygen atoms in total. The summed E-state index contributed by atoms with van der Waals surface area (Å²) in [5, 5.41) is 23.7. The molecule has 29 heavy (non-hydrogen) atoms. The molecule has 0 fully saturated rings. The summed E-state index contributed by atoms with van der Waals surface area (Å²) < 4.78 is 6.12. The molecule has 0 aliphatic rings. The van der Waals surface area contributed by atoms with Crippen molar-refractivity contribution < 1.29 is 14.6 Å². The van der Waals surface area contributed by atoms with Crippen LogP contribution in [-0.2, 0) is 15.9 Å². The van der Waals surface area contributed by atoms with Gasteiger partial charge in [0.15, 0.2) is 11.2 Å². The van der Waals surface area contributed by atoms with Gasteiger partial charge in [0.05, 0.1) is 0 Å². The standard InChI is InChI=1S/C18H16Cl4N2O5/c1-17(9-23(25)26,13-5-3-11(19)7-15(13)21)29-18(2,10-24(27)28)14-6-4-12(20)8-16(14)22/h3-8H,9-10H2,1-2H3. The van der Waals surface area contributed by atoms with Crippen LogP contribution in [0.3, 0.4) is 0 Å². The maximum Gasteiger partial charge on any atom is 0.236 e. The average Bonchev–Trinajstić information content (AvgIpc) is 2.52. The minimum Gasteiger partial charge on any atom is -0.346 e. The predicted octanol–water partition coefficient (Wildman–Crippen LogP) is 6.00. The van der Waals surface area contributed by atoms with Crippen LogP contribution in [-0.4, -0.2) is 22.9 Å². The van der Waals surface area contributed by atoms with Crippen LogP contribution in [0, 0.1) is 20.2 Å². The second-order valence-corrected chi connectivity index (χ2v) is 8.48. The van der Waals surface area contributed by atoms with Gasteiger partial charge in [-0.15, -0.1) is 0 Å². The lowest BCUT2D eigenvalue weighted by Gasteiger charge is -2.37. The maximum atomic E-state index is 11.4. The van der Waals surface area contributed by atoms with Gasteiger partial charge >= 0.3 is 0 Å². The van der Waals surface area contributed by atoms with E-state index in [0.717, 1.165) is 0 Å². The van der Waals surface area contributed by atoms with Gasteiger partial charge in [0, 0.05) is 41.1 Å². The Kier molecular flexibility index (Phi) is 7.35. The predicted molar refractivity (Wildman–Crippen MR) is 112 cm³/mol. The Morgan fingerprint density at radius 2 is 1.14 bits per heavy atom. The summed E-state index contributed by atoms with van der Waals surface area (Å²) in [6, 6.07) is 8.82. The third-order valence-corrected chi connectivity index (χ3v) is 5.41. The first-order chi connectivity index (χ1) is 13.4. The molecule has 2 atom stereocenters. The van der Waals surface area contributed by atoms with Crippen molar-refractivity contribution in [2.75, 3.05) is 13.1 Å². The maximum absolute atomic E-state index is 11.4. The highest BCUT2D eigenvalue weighted by atomic mass is 35.5. The largest absolute Gasteiger partial charge is 0.346 e. The third kappa shape index (κ3) is 5.71. The third-order valence-electron chi connectivity index (χ3n) is 4.31. The van der Waals surface area contributed by atoms with E-state index in [2.05, 4.69) is 0 Å². The van der Waals surface area contributed by atoms with Gasteiger partial charge in [-0.1, -0.05) is 58.5 Å². The molecule has 2 unspecified atom stereocenters. The molecule has 0 aliphatic carbocycles. The number of ether oxygens (including phenoxy) is 1. The molecule has 156 valence electrons. The fourth-order valence-corrected chi connectivity index (χ4v) is 4.39. The Labute approximate surface area is 186 Å². The molecular weight excluding hydrogens is 466 g/mol. The molecule has 2 aromatic carbocycles. The SMILES string of the molecule is CC(C[N+](=O)[O-])(OC(C)(C[N+](=O)[O-])c1ccc(Cl)cc1Cl)c1ccc(Cl)cc1Cl. The zero-order chi connectivity index (χ0) is 22.0. The first kappa shape index (κ1) is 23.6. The van der Waals surface area contributed by atoms with Gasteiger partial charge in [-0.05, 0) is 38.1 Å². The van der Waals surface area contributed by atoms with Gasteiger partial charge in [0.1, 0.15) is 0 Å². The zero-order valence-electron chi connectivity index (χ0n) is 15.3. The smallest absolute Gasteiger partial charge is 0.236 e. The number of nitro groups is 2. The molecule has 0 spiro atoms. The van der Waals surface area contributed by atoms with Crippen LogP contribution in [0.2, 0.25) is 20.1 Å². The van der Waals surface area contributed by atoms with E-state index in [0.29, 0.717) is 10.0 Å². The molecule has 0 saturated carbocycles. The minimum atomic E-state index is -1.63. The van der Waals surface area contributed by atoms with E-state index in [-0.39, 0.29) is 21.2 Å². The minimum absolute atomic E-state index is 0.132. The summed E-state index contributed by atoms with van der Waals surface area (Å²) in [6.07, 6.45) is 0. The lowest BCUT2D eigenvalue weighted by molar-refractivity contribution is -0.526. The van der Waals surface area contributed by atoms with Gasteiger partial charge < -0.3 is 4.74 Å². The number of hydrogen-bond donors (Lipinski definition) is 0. The molecule has 0 N–H and O–H groups in total. The van der Waals surface area contributed by atoms with Crippen molar-refractivity contribution in [3.8, 4) is 0 Å². The lowest BCUT2D eigenvalue weighted by Crippen LogP contribution is -2.45. The van der Waals surface area contributed by atoms with E-state index in [1.807, 2.05) is 0 Å². The van der Waals surface area contributed by atoms with Crippen LogP contribution >= 0.6 is 46.4 Å². The fraction of sp³-hybridized carbons (Fsp3) is 0.333. The molecule has 0 aliphatic heterocycles. The molecule has 0 bridgehead atoms. The molecule has 0 amide bonds. The Hall–Kier alpha value is -1.64. The Balaban J connectivity index is 2.64. The van der Waals surface area contributed by atoms with Crippen LogP contribution in [0.4, 0.5) is 0 Å². The Morgan fingerprint density at radius 1 is 0.793 bits per heavy atom. The van der Waals surface area contributed by atoms with Crippen LogP contribution in [0.5, 0.6) is 0 Å². The highest BCUT2D eigenvalue weighted by Gasteiger charge is 2.46. The van der Waals surface area contributed by atoms with Crippen LogP contribution < -0.4 is 0 Å². The second kappa shape index (κ2) is 9.02. The van der Waals surface area contributed by atoms with Gasteiger partial charge in [-0.3, -0.25) is 20.2 Å². The van der Waals surface area contributed by atoms with Crippen molar-refractivity contribution in [3.05, 3.63) is 87.8 Å². The quantitative estimate of drug-likeness (QED) is 0.340. The van der Waals surface area contributed by atoms with Gasteiger partial charge in [-0.2, -0.15) is 0 Å². The van der Waals surface area contributed by atoms with E-state index in [1.165, 1.54) is 50.2 Å². The molecule has 2 rings (SSSR count). The van der Waals surface area contributed by atoms with Crippen molar-refractivity contribution in [2.24, 2.45) is 0 Å². The number of hydrogen-bond acceptors (Lipinski definition) is 5. The Bertz CT molecular complexity index is 882. The number of halogens is 4. The lowest BCUT2D eigenvalue weighted by atomic mass is 9.90. The summed E-state index contributed by atoms with van der Waals surface area (Å²) in [5.41, 5.74) is -2.72. The second-order valence-electron chi connectivity index (χ2n) is 6.79. The van der Waals surface area contributed by atoms with E-state index in [4.69, 9.17) is 51.1 Å². The van der Waals surface area contributed by atoms with Crippen molar-refractivity contribution in [2.45, 2.75) is 25.0 Å². The van der Waals surface area contributed by atoms with Crippen molar-refractivity contribution in [1.29, 1.82) is 0 Å². The average molecular weight is 482 g/mol. The first-order valence-corrected chi connectivity index (χ1v) is 9.72. The molecular formula is C18H16Cl4N2O5. The number of rotatable bonds is 8. The van der Waals surface area contributed by atoms with Crippen LogP contribution in [0.15, 0.2) is 36.4 Å². The number of benzene rings is 2. The first-order valence-electron chi connectivity index (χ1n) is 8.21. The molecule has 0 radical (unpaired) electrons. The molecule has 0 aromatic heterocycles. The highest BCUT2D eigenvalue weighted by molar-refractivity contribution is 6.35. The summed E-state index contributed by atoms with van der Waals surface area (Å²) in [5.74, 6) is 0. The normalized spacial score (nSPS) is 15.4. The summed E-state index contributed by atoms with van der Waals surface area (Å²) in [6.45, 7) is 1.47. The topological polar surface area (TPSA) is 95.5 Å². The van der Waals surface area contributed by atoms with E-state index in [9.17, 15) is 20.2 Å². The van der Waals surface area contributed by atoms with E-state index >= 15 is 0 Å².